The van der Waals surface area contributed by atoms with Crippen molar-refractivity contribution in [3.8, 4) is 6.19 Å². The number of nitrogens with one attached hydrogen (secondary N) is 1. The Balaban J connectivity index is 3.89. The van der Waals surface area contributed by atoms with Gasteiger partial charge in [-0.1, -0.05) is 0 Å². The van der Waals surface area contributed by atoms with Gasteiger partial charge in [0.2, 0.25) is 0 Å². The SMILES string of the molecule is CC(C)(C)N=C=NNC#N. The van der Waals surface area contributed by atoms with Gasteiger partial charge in [-0.15, -0.1) is 5.10 Å². The van der Waals surface area contributed by atoms with Crippen molar-refractivity contribution in [2.75, 3.05) is 0 Å². The lowest BCUT2D eigenvalue weighted by Crippen LogP contribution is -2.08. The zero-order chi connectivity index (χ0) is 8.04. The van der Waals surface area contributed by atoms with Gasteiger partial charge in [0.25, 0.3) is 0 Å². The number of nitrogens with zero attached hydrogens (tertiary/aromatic N) is 3. The summed E-state index contributed by atoms with van der Waals surface area (Å²) < 4.78 is 0. The summed E-state index contributed by atoms with van der Waals surface area (Å²) in [5.41, 5.74) is 1.87. The molecule has 0 aliphatic heterocycles. The Hall–Kier alpha value is -1.33. The maximum atomic E-state index is 7.96. The highest BCUT2D eigenvalue weighted by Gasteiger charge is 2.03. The third kappa shape index (κ3) is 6.67. The van der Waals surface area contributed by atoms with Crippen LogP contribution in [-0.2, 0) is 0 Å². The fourth-order valence-electron chi connectivity index (χ4n) is 0.225. The van der Waals surface area contributed by atoms with Crippen molar-refractivity contribution in [2.45, 2.75) is 26.3 Å². The topological polar surface area (TPSA) is 60.5 Å². The van der Waals surface area contributed by atoms with Crippen molar-refractivity contribution in [1.29, 1.82) is 5.26 Å². The predicted molar refractivity (Wildman–Crippen MR) is 38.4 cm³/mol. The van der Waals surface area contributed by atoms with Gasteiger partial charge in [0, 0.05) is 0 Å². The lowest BCUT2D eigenvalue weighted by Gasteiger charge is -2.06. The lowest BCUT2D eigenvalue weighted by atomic mass is 10.1. The third-order valence-corrected chi connectivity index (χ3v) is 0.541. The van der Waals surface area contributed by atoms with Crippen molar-refractivity contribution in [2.24, 2.45) is 10.1 Å². The van der Waals surface area contributed by atoms with Crippen LogP contribution in [0, 0.1) is 11.5 Å². The maximum Gasteiger partial charge on any atom is 0.199 e. The molecule has 0 bridgehead atoms. The molecule has 1 N–H and O–H groups in total. The zero-order valence-electron chi connectivity index (χ0n) is 6.34. The first kappa shape index (κ1) is 8.67. The quantitative estimate of drug-likeness (QED) is 0.254. The Kier molecular flexibility index (Phi) is 3.16. The van der Waals surface area contributed by atoms with E-state index in [4.69, 9.17) is 5.26 Å². The van der Waals surface area contributed by atoms with Crippen LogP contribution in [0.1, 0.15) is 20.8 Å². The van der Waals surface area contributed by atoms with Crippen LogP contribution in [-0.4, -0.2) is 11.5 Å². The molecule has 10 heavy (non-hydrogen) atoms. The van der Waals surface area contributed by atoms with Crippen LogP contribution in [0.2, 0.25) is 0 Å². The molecule has 0 aliphatic carbocycles. The van der Waals surface area contributed by atoms with E-state index in [1.54, 1.807) is 6.19 Å². The standard InChI is InChI=1S/C6H10N4/c1-6(2,3)8-5-10-9-4-7/h9H,1-3H3. The predicted octanol–water partition coefficient (Wildman–Crippen LogP) is 0.944. The second-order valence-corrected chi connectivity index (χ2v) is 2.72. The van der Waals surface area contributed by atoms with Gasteiger partial charge in [-0.2, -0.15) is 5.26 Å². The molecule has 54 valence electrons. The minimum atomic E-state index is -0.180. The van der Waals surface area contributed by atoms with Crippen molar-refractivity contribution < 1.29 is 0 Å². The molecule has 0 amide bonds. The summed E-state index contributed by atoms with van der Waals surface area (Å²) in [7, 11) is 0. The molecule has 0 aliphatic rings. The van der Waals surface area contributed by atoms with E-state index < -0.39 is 0 Å². The van der Waals surface area contributed by atoms with Crippen molar-refractivity contribution in [3.05, 3.63) is 0 Å². The molecule has 0 heterocycles. The maximum absolute atomic E-state index is 7.96. The van der Waals surface area contributed by atoms with Crippen LogP contribution in [0.3, 0.4) is 0 Å². The Labute approximate surface area is 60.3 Å². The van der Waals surface area contributed by atoms with Gasteiger partial charge in [0.1, 0.15) is 6.01 Å². The number of hydrogen-bond donors (Lipinski definition) is 1. The molecule has 0 spiro atoms. The average Bonchev–Trinajstić information content (AvgIpc) is 1.78. The Morgan fingerprint density at radius 1 is 1.40 bits per heavy atom. The van der Waals surface area contributed by atoms with E-state index in [0.29, 0.717) is 0 Å². The van der Waals surface area contributed by atoms with E-state index in [1.807, 2.05) is 26.2 Å². The number of hydrogen-bond acceptors (Lipinski definition) is 4. The molecular formula is C6H10N4. The van der Waals surface area contributed by atoms with Crippen molar-refractivity contribution in [1.82, 2.24) is 5.43 Å². The molecule has 0 aromatic rings. The van der Waals surface area contributed by atoms with E-state index in [9.17, 15) is 0 Å². The second kappa shape index (κ2) is 3.65. The van der Waals surface area contributed by atoms with Gasteiger partial charge in [-0.05, 0) is 20.8 Å². The molecule has 0 saturated carbocycles. The molecule has 0 rings (SSSR count). The van der Waals surface area contributed by atoms with Gasteiger partial charge < -0.3 is 0 Å². The smallest absolute Gasteiger partial charge is 0.199 e. The molecule has 4 nitrogen and oxygen atoms in total. The first-order valence-electron chi connectivity index (χ1n) is 2.87. The van der Waals surface area contributed by atoms with Crippen LogP contribution in [0.15, 0.2) is 10.1 Å². The largest absolute Gasteiger partial charge is 0.218 e. The minimum Gasteiger partial charge on any atom is -0.218 e. The van der Waals surface area contributed by atoms with E-state index in [-0.39, 0.29) is 5.54 Å². The van der Waals surface area contributed by atoms with E-state index in [0.717, 1.165) is 0 Å². The summed E-state index contributed by atoms with van der Waals surface area (Å²) in [6, 6.07) is 2.34. The summed E-state index contributed by atoms with van der Waals surface area (Å²) in [6.45, 7) is 5.76. The van der Waals surface area contributed by atoms with Crippen LogP contribution in [0.5, 0.6) is 0 Å². The highest BCUT2D eigenvalue weighted by atomic mass is 15.3. The van der Waals surface area contributed by atoms with Gasteiger partial charge in [-0.3, -0.25) is 0 Å². The van der Waals surface area contributed by atoms with E-state index in [1.165, 1.54) is 0 Å². The first-order chi connectivity index (χ1) is 4.56. The van der Waals surface area contributed by atoms with Crippen LogP contribution < -0.4 is 5.43 Å². The highest BCUT2D eigenvalue weighted by Crippen LogP contribution is 2.03. The van der Waals surface area contributed by atoms with Crippen LogP contribution >= 0.6 is 0 Å². The summed E-state index contributed by atoms with van der Waals surface area (Å²) in [6.07, 6.45) is 1.61. The monoisotopic (exact) mass is 138 g/mol. The minimum absolute atomic E-state index is 0.180. The summed E-state index contributed by atoms with van der Waals surface area (Å²) >= 11 is 0. The zero-order valence-corrected chi connectivity index (χ0v) is 6.34. The van der Waals surface area contributed by atoms with Gasteiger partial charge in [-0.25, -0.2) is 10.4 Å². The molecule has 0 fully saturated rings. The fourth-order valence-corrected chi connectivity index (χ4v) is 0.225. The molecule has 0 unspecified atom stereocenters. The second-order valence-electron chi connectivity index (χ2n) is 2.72. The lowest BCUT2D eigenvalue weighted by molar-refractivity contribution is 0.586. The summed E-state index contributed by atoms with van der Waals surface area (Å²) in [5.74, 6) is 0. The van der Waals surface area contributed by atoms with Crippen molar-refractivity contribution >= 4 is 6.01 Å². The summed E-state index contributed by atoms with van der Waals surface area (Å²) in [4.78, 5) is 3.86. The molecular weight excluding hydrogens is 128 g/mol. The molecule has 0 atom stereocenters. The molecule has 0 saturated heterocycles. The number of rotatable bonds is 1. The number of aliphatic imine (C=N–C) groups is 1. The Bertz CT molecular complexity index is 187. The van der Waals surface area contributed by atoms with E-state index in [2.05, 4.69) is 16.1 Å². The molecule has 0 aromatic carbocycles. The fraction of sp³-hybridized carbons (Fsp3) is 0.667. The van der Waals surface area contributed by atoms with Gasteiger partial charge >= 0.3 is 0 Å². The Morgan fingerprint density at radius 2 is 2.00 bits per heavy atom. The average molecular weight is 138 g/mol. The van der Waals surface area contributed by atoms with Gasteiger partial charge in [0.05, 0.1) is 5.54 Å². The normalized spacial score (nSPS) is 9.00. The third-order valence-electron chi connectivity index (χ3n) is 0.541. The number of nitriles is 1. The van der Waals surface area contributed by atoms with Crippen molar-refractivity contribution in [3.63, 3.8) is 0 Å². The molecule has 4 heteroatoms. The van der Waals surface area contributed by atoms with Gasteiger partial charge in [0.15, 0.2) is 6.19 Å². The summed E-state index contributed by atoms with van der Waals surface area (Å²) in [5, 5.41) is 11.3. The van der Waals surface area contributed by atoms with E-state index >= 15 is 0 Å². The number of hydrazone groups is 1. The molecule has 0 aromatic heterocycles. The van der Waals surface area contributed by atoms with Crippen LogP contribution in [0.25, 0.3) is 0 Å². The molecule has 0 radical (unpaired) electrons. The highest BCUT2D eigenvalue weighted by molar-refractivity contribution is 5.41. The van der Waals surface area contributed by atoms with Crippen LogP contribution in [0.4, 0.5) is 0 Å². The first-order valence-corrected chi connectivity index (χ1v) is 2.87. The Morgan fingerprint density at radius 3 is 2.40 bits per heavy atom.